The van der Waals surface area contributed by atoms with Crippen LogP contribution < -0.4 is 0 Å². The van der Waals surface area contributed by atoms with E-state index in [1.807, 2.05) is 0 Å². The van der Waals surface area contributed by atoms with Gasteiger partial charge in [0.25, 0.3) is 0 Å². The fourth-order valence-corrected chi connectivity index (χ4v) is 2.86. The van der Waals surface area contributed by atoms with Crippen LogP contribution in [-0.2, 0) is 0 Å². The molecule has 0 aromatic heterocycles. The van der Waals surface area contributed by atoms with Crippen molar-refractivity contribution in [2.45, 2.75) is 53.4 Å². The lowest BCUT2D eigenvalue weighted by Gasteiger charge is -2.32. The molecule has 1 saturated heterocycles. The number of rotatable bonds is 8. The summed E-state index contributed by atoms with van der Waals surface area (Å²) in [6, 6.07) is 0. The Morgan fingerprint density at radius 1 is 1.11 bits per heavy atom. The summed E-state index contributed by atoms with van der Waals surface area (Å²) in [5, 5.41) is 0. The van der Waals surface area contributed by atoms with Crippen molar-refractivity contribution in [2.24, 2.45) is 17.8 Å². The number of nitrogens with zero attached hydrogens (tertiary/aromatic N) is 2. The standard InChI is InChI=1S/C17H36N2/c1-6-19-13-9-17(10-14-19)8-12-18(5)11-7-16(4)15(2)3/h15-17H,6-14H2,1-5H3. The zero-order valence-corrected chi connectivity index (χ0v) is 14.0. The Bertz CT molecular complexity index is 219. The van der Waals surface area contributed by atoms with Crippen molar-refractivity contribution in [1.29, 1.82) is 0 Å². The summed E-state index contributed by atoms with van der Waals surface area (Å²) in [4.78, 5) is 5.13. The molecule has 1 atom stereocenters. The Morgan fingerprint density at radius 3 is 2.26 bits per heavy atom. The second-order valence-electron chi connectivity index (χ2n) is 6.98. The molecule has 0 N–H and O–H groups in total. The van der Waals surface area contributed by atoms with Gasteiger partial charge in [-0.3, -0.25) is 0 Å². The van der Waals surface area contributed by atoms with E-state index in [0.29, 0.717) is 0 Å². The first-order valence-corrected chi connectivity index (χ1v) is 8.43. The van der Waals surface area contributed by atoms with Gasteiger partial charge in [-0.05, 0) is 83.2 Å². The molecule has 19 heavy (non-hydrogen) atoms. The molecular weight excluding hydrogens is 232 g/mol. The lowest BCUT2D eigenvalue weighted by Crippen LogP contribution is -2.34. The van der Waals surface area contributed by atoms with E-state index in [-0.39, 0.29) is 0 Å². The van der Waals surface area contributed by atoms with Gasteiger partial charge in [0, 0.05) is 0 Å². The van der Waals surface area contributed by atoms with Crippen LogP contribution in [0.3, 0.4) is 0 Å². The predicted octanol–water partition coefficient (Wildman–Crippen LogP) is 3.72. The maximum Gasteiger partial charge on any atom is -0.00162 e. The SMILES string of the molecule is CCN1CCC(CCN(C)CCC(C)C(C)C)CC1. The van der Waals surface area contributed by atoms with Crippen molar-refractivity contribution in [3.8, 4) is 0 Å². The van der Waals surface area contributed by atoms with E-state index in [4.69, 9.17) is 0 Å². The maximum atomic E-state index is 2.59. The van der Waals surface area contributed by atoms with Crippen LogP contribution in [-0.4, -0.2) is 49.6 Å². The van der Waals surface area contributed by atoms with Crippen LogP contribution in [0.5, 0.6) is 0 Å². The smallest absolute Gasteiger partial charge is 0.00162 e. The molecule has 0 radical (unpaired) electrons. The molecule has 0 bridgehead atoms. The minimum absolute atomic E-state index is 0.826. The van der Waals surface area contributed by atoms with Gasteiger partial charge >= 0.3 is 0 Å². The number of likely N-dealkylation sites (tertiary alicyclic amines) is 1. The first kappa shape index (κ1) is 17.0. The van der Waals surface area contributed by atoms with E-state index in [0.717, 1.165) is 17.8 Å². The largest absolute Gasteiger partial charge is 0.306 e. The van der Waals surface area contributed by atoms with Crippen LogP contribution in [0.2, 0.25) is 0 Å². The Kier molecular flexibility index (Phi) is 8.01. The highest BCUT2D eigenvalue weighted by atomic mass is 15.1. The molecule has 2 heteroatoms. The summed E-state index contributed by atoms with van der Waals surface area (Å²) in [5.74, 6) is 2.66. The van der Waals surface area contributed by atoms with E-state index in [9.17, 15) is 0 Å². The molecule has 1 heterocycles. The first-order valence-electron chi connectivity index (χ1n) is 8.43. The number of hydrogen-bond acceptors (Lipinski definition) is 2. The Balaban J connectivity index is 2.08. The van der Waals surface area contributed by atoms with Gasteiger partial charge in [0.05, 0.1) is 0 Å². The molecule has 1 aliphatic rings. The molecule has 0 aromatic rings. The third-order valence-electron chi connectivity index (χ3n) is 5.18. The highest BCUT2D eigenvalue weighted by Gasteiger charge is 2.18. The van der Waals surface area contributed by atoms with E-state index >= 15 is 0 Å². The van der Waals surface area contributed by atoms with Crippen molar-refractivity contribution in [1.82, 2.24) is 9.80 Å². The second kappa shape index (κ2) is 8.97. The van der Waals surface area contributed by atoms with Gasteiger partial charge in [0.15, 0.2) is 0 Å². The van der Waals surface area contributed by atoms with Crippen LogP contribution in [0, 0.1) is 17.8 Å². The van der Waals surface area contributed by atoms with Gasteiger partial charge in [-0.1, -0.05) is 27.7 Å². The van der Waals surface area contributed by atoms with E-state index in [1.54, 1.807) is 0 Å². The molecule has 1 aliphatic heterocycles. The maximum absolute atomic E-state index is 2.59. The lowest BCUT2D eigenvalue weighted by atomic mass is 9.93. The minimum Gasteiger partial charge on any atom is -0.306 e. The van der Waals surface area contributed by atoms with E-state index in [1.165, 1.54) is 58.4 Å². The Hall–Kier alpha value is -0.0800. The molecule has 1 rings (SSSR count). The molecule has 1 fully saturated rings. The zero-order chi connectivity index (χ0) is 14.3. The topological polar surface area (TPSA) is 6.48 Å². The van der Waals surface area contributed by atoms with Crippen LogP contribution in [0.15, 0.2) is 0 Å². The lowest BCUT2D eigenvalue weighted by molar-refractivity contribution is 0.173. The molecule has 1 unspecified atom stereocenters. The van der Waals surface area contributed by atoms with Crippen molar-refractivity contribution in [3.63, 3.8) is 0 Å². The fourth-order valence-electron chi connectivity index (χ4n) is 2.86. The third-order valence-corrected chi connectivity index (χ3v) is 5.18. The molecule has 0 saturated carbocycles. The van der Waals surface area contributed by atoms with E-state index in [2.05, 4.69) is 44.5 Å². The summed E-state index contributed by atoms with van der Waals surface area (Å²) in [5.41, 5.74) is 0. The van der Waals surface area contributed by atoms with Crippen LogP contribution >= 0.6 is 0 Å². The van der Waals surface area contributed by atoms with Crippen LogP contribution in [0.1, 0.15) is 53.4 Å². The molecule has 0 spiro atoms. The summed E-state index contributed by atoms with van der Waals surface area (Å²) >= 11 is 0. The number of piperidine rings is 1. The Morgan fingerprint density at radius 2 is 1.74 bits per heavy atom. The van der Waals surface area contributed by atoms with Crippen LogP contribution in [0.25, 0.3) is 0 Å². The molecule has 0 aromatic carbocycles. The summed E-state index contributed by atoms with van der Waals surface area (Å²) in [7, 11) is 2.30. The highest BCUT2D eigenvalue weighted by molar-refractivity contribution is 4.72. The van der Waals surface area contributed by atoms with Gasteiger partial charge in [-0.2, -0.15) is 0 Å². The summed E-state index contributed by atoms with van der Waals surface area (Å²) < 4.78 is 0. The summed E-state index contributed by atoms with van der Waals surface area (Å²) in [6.07, 6.45) is 5.60. The molecular formula is C17H36N2. The monoisotopic (exact) mass is 268 g/mol. The molecule has 0 amide bonds. The Labute approximate surface area is 121 Å². The van der Waals surface area contributed by atoms with Gasteiger partial charge in [0.2, 0.25) is 0 Å². The normalized spacial score (nSPS) is 20.4. The van der Waals surface area contributed by atoms with Gasteiger partial charge < -0.3 is 9.80 Å². The van der Waals surface area contributed by atoms with Gasteiger partial charge in [0.1, 0.15) is 0 Å². The average Bonchev–Trinajstić information content (AvgIpc) is 2.42. The van der Waals surface area contributed by atoms with Crippen molar-refractivity contribution < 1.29 is 0 Å². The third kappa shape index (κ3) is 6.76. The van der Waals surface area contributed by atoms with Gasteiger partial charge in [-0.15, -0.1) is 0 Å². The van der Waals surface area contributed by atoms with Crippen molar-refractivity contribution in [3.05, 3.63) is 0 Å². The molecule has 0 aliphatic carbocycles. The first-order chi connectivity index (χ1) is 9.02. The number of hydrogen-bond donors (Lipinski definition) is 0. The quantitative estimate of drug-likeness (QED) is 0.662. The van der Waals surface area contributed by atoms with Gasteiger partial charge in [-0.25, -0.2) is 0 Å². The van der Waals surface area contributed by atoms with Crippen LogP contribution in [0.4, 0.5) is 0 Å². The van der Waals surface area contributed by atoms with Crippen molar-refractivity contribution >= 4 is 0 Å². The van der Waals surface area contributed by atoms with E-state index < -0.39 is 0 Å². The zero-order valence-electron chi connectivity index (χ0n) is 14.0. The molecule has 114 valence electrons. The molecule has 2 nitrogen and oxygen atoms in total. The fraction of sp³-hybridized carbons (Fsp3) is 1.00. The minimum atomic E-state index is 0.826. The highest BCUT2D eigenvalue weighted by Crippen LogP contribution is 2.21. The average molecular weight is 268 g/mol. The van der Waals surface area contributed by atoms with Crippen molar-refractivity contribution in [2.75, 3.05) is 39.8 Å². The summed E-state index contributed by atoms with van der Waals surface area (Å²) in [6.45, 7) is 15.8. The predicted molar refractivity (Wildman–Crippen MR) is 85.6 cm³/mol. The second-order valence-corrected chi connectivity index (χ2v) is 6.98.